The molecule has 1 N–H and O–H groups in total. The van der Waals surface area contributed by atoms with Crippen molar-refractivity contribution in [2.45, 2.75) is 45.3 Å². The summed E-state index contributed by atoms with van der Waals surface area (Å²) in [5, 5.41) is 4.51. The molecule has 4 heterocycles. The fourth-order valence-electron chi connectivity index (χ4n) is 4.39. The number of nitrogens with zero attached hydrogens (tertiary/aromatic N) is 6. The summed E-state index contributed by atoms with van der Waals surface area (Å²) in [4.78, 5) is 13.3. The standard InChI is InChI=1S/C25H23F3N6O.C2H6O3S/c1-16-14-33(15-29-16)21-11-9-17(30-24(21)35-2)10-12-22-31-23-19(7-5-13-34(23)32-22)18-6-3-4-8-20(18)25(26,27)28;1-2-6(3,4)5/h3-4,6,8-12,14-15,19H,5,7,13H2,1-2H3;2H2,1H3,(H,3,4,5)/b12-10+;/t19-;/m0./s1. The maximum Gasteiger partial charge on any atom is 0.416 e. The normalized spacial score (nSPS) is 15.3. The molecule has 4 aromatic rings. The molecule has 0 saturated heterocycles. The van der Waals surface area contributed by atoms with Gasteiger partial charge in [-0.1, -0.05) is 18.2 Å². The Morgan fingerprint density at radius 2 is 1.88 bits per heavy atom. The van der Waals surface area contributed by atoms with Crippen molar-refractivity contribution in [3.8, 4) is 11.6 Å². The van der Waals surface area contributed by atoms with Gasteiger partial charge >= 0.3 is 6.18 Å². The van der Waals surface area contributed by atoms with E-state index in [-0.39, 0.29) is 11.3 Å². The second-order valence-electron chi connectivity index (χ2n) is 9.22. The van der Waals surface area contributed by atoms with E-state index < -0.39 is 27.8 Å². The number of imidazole rings is 1. The molecule has 3 aromatic heterocycles. The van der Waals surface area contributed by atoms with Gasteiger partial charge in [0.1, 0.15) is 11.5 Å². The van der Waals surface area contributed by atoms with Gasteiger partial charge in [0.25, 0.3) is 10.1 Å². The van der Waals surface area contributed by atoms with Gasteiger partial charge in [0.15, 0.2) is 5.82 Å². The van der Waals surface area contributed by atoms with Crippen LogP contribution in [0.1, 0.15) is 59.8 Å². The summed E-state index contributed by atoms with van der Waals surface area (Å²) in [6, 6.07) is 9.42. The smallest absolute Gasteiger partial charge is 0.416 e. The lowest BCUT2D eigenvalue weighted by Crippen LogP contribution is -2.21. The maximum absolute atomic E-state index is 13.6. The van der Waals surface area contributed by atoms with Crippen molar-refractivity contribution in [1.82, 2.24) is 29.3 Å². The van der Waals surface area contributed by atoms with Crippen molar-refractivity contribution in [3.05, 3.63) is 83.1 Å². The molecular formula is C27H29F3N6O4S. The first-order chi connectivity index (χ1) is 19.4. The Labute approximate surface area is 235 Å². The Kier molecular flexibility index (Phi) is 8.92. The molecule has 0 radical (unpaired) electrons. The second-order valence-corrected chi connectivity index (χ2v) is 11.0. The van der Waals surface area contributed by atoms with Crippen molar-refractivity contribution >= 4 is 22.3 Å². The summed E-state index contributed by atoms with van der Waals surface area (Å²) in [6.45, 7) is 3.89. The van der Waals surface area contributed by atoms with Crippen molar-refractivity contribution in [2.24, 2.45) is 0 Å². The molecule has 0 spiro atoms. The van der Waals surface area contributed by atoms with E-state index in [0.717, 1.165) is 23.9 Å². The van der Waals surface area contributed by atoms with Crippen LogP contribution in [0.3, 0.4) is 0 Å². The molecule has 218 valence electrons. The van der Waals surface area contributed by atoms with E-state index in [1.54, 1.807) is 36.3 Å². The highest BCUT2D eigenvalue weighted by Crippen LogP contribution is 2.40. The minimum absolute atomic E-state index is 0.201. The van der Waals surface area contributed by atoms with E-state index >= 15 is 0 Å². The average molecular weight is 591 g/mol. The Balaban J connectivity index is 0.000000585. The molecule has 0 amide bonds. The van der Waals surface area contributed by atoms with Gasteiger partial charge in [0, 0.05) is 18.7 Å². The van der Waals surface area contributed by atoms with Crippen LogP contribution in [-0.2, 0) is 22.8 Å². The van der Waals surface area contributed by atoms with Gasteiger partial charge in [-0.25, -0.2) is 19.6 Å². The number of methoxy groups -OCH3 is 1. The number of ether oxygens (including phenoxy) is 1. The largest absolute Gasteiger partial charge is 0.479 e. The molecule has 5 rings (SSSR count). The molecular weight excluding hydrogens is 561 g/mol. The van der Waals surface area contributed by atoms with Crippen molar-refractivity contribution in [1.29, 1.82) is 0 Å². The van der Waals surface area contributed by atoms with Crippen LogP contribution in [0.5, 0.6) is 5.88 Å². The van der Waals surface area contributed by atoms with Crippen molar-refractivity contribution in [2.75, 3.05) is 12.9 Å². The molecule has 1 aliphatic heterocycles. The third kappa shape index (κ3) is 7.38. The first-order valence-corrected chi connectivity index (χ1v) is 14.3. The first kappa shape index (κ1) is 29.9. The zero-order chi connectivity index (χ0) is 29.8. The van der Waals surface area contributed by atoms with E-state index in [4.69, 9.17) is 9.29 Å². The predicted octanol–water partition coefficient (Wildman–Crippen LogP) is 5.18. The second kappa shape index (κ2) is 12.2. The highest BCUT2D eigenvalue weighted by molar-refractivity contribution is 7.85. The highest BCUT2D eigenvalue weighted by Gasteiger charge is 2.37. The van der Waals surface area contributed by atoms with Crippen LogP contribution < -0.4 is 4.74 Å². The van der Waals surface area contributed by atoms with Crippen LogP contribution in [0.2, 0.25) is 0 Å². The minimum atomic E-state index is -4.42. The molecule has 1 aliphatic rings. The van der Waals surface area contributed by atoms with Crippen LogP contribution >= 0.6 is 0 Å². The number of rotatable bonds is 6. The van der Waals surface area contributed by atoms with Gasteiger partial charge in [-0.05, 0) is 62.6 Å². The third-order valence-electron chi connectivity index (χ3n) is 6.35. The Hall–Kier alpha value is -4.04. The fourth-order valence-corrected chi connectivity index (χ4v) is 4.39. The lowest BCUT2D eigenvalue weighted by Gasteiger charge is -2.25. The average Bonchev–Trinajstić information content (AvgIpc) is 3.57. The molecule has 10 nitrogen and oxygen atoms in total. The molecule has 0 bridgehead atoms. The van der Waals surface area contributed by atoms with Crippen LogP contribution in [-0.4, -0.2) is 55.1 Å². The van der Waals surface area contributed by atoms with Gasteiger partial charge in [-0.15, -0.1) is 0 Å². The summed E-state index contributed by atoms with van der Waals surface area (Å²) in [5.41, 5.74) is 1.88. The lowest BCUT2D eigenvalue weighted by molar-refractivity contribution is -0.138. The summed E-state index contributed by atoms with van der Waals surface area (Å²) >= 11 is 0. The number of hydrogen-bond acceptors (Lipinski definition) is 7. The topological polar surface area (TPSA) is 125 Å². The fraction of sp³-hybridized carbons (Fsp3) is 0.333. The van der Waals surface area contributed by atoms with Gasteiger partial charge in [0.05, 0.1) is 36.1 Å². The number of aromatic nitrogens is 6. The molecule has 0 aliphatic carbocycles. The molecule has 0 unspecified atom stereocenters. The van der Waals surface area contributed by atoms with Crippen LogP contribution in [0.25, 0.3) is 17.8 Å². The molecule has 1 atom stereocenters. The van der Waals surface area contributed by atoms with Crippen LogP contribution in [0, 0.1) is 6.92 Å². The van der Waals surface area contributed by atoms with Crippen LogP contribution in [0.15, 0.2) is 48.9 Å². The Morgan fingerprint density at radius 1 is 1.15 bits per heavy atom. The number of pyridine rings is 1. The van der Waals surface area contributed by atoms with E-state index in [0.29, 0.717) is 36.2 Å². The minimum Gasteiger partial charge on any atom is -0.479 e. The Bertz CT molecular complexity index is 1650. The molecule has 1 aromatic carbocycles. The summed E-state index contributed by atoms with van der Waals surface area (Å²) in [6.07, 6.45) is 3.92. The zero-order valence-electron chi connectivity index (χ0n) is 22.6. The van der Waals surface area contributed by atoms with Gasteiger partial charge in [-0.3, -0.25) is 4.55 Å². The monoisotopic (exact) mass is 590 g/mol. The van der Waals surface area contributed by atoms with E-state index in [9.17, 15) is 21.6 Å². The van der Waals surface area contributed by atoms with Gasteiger partial charge in [-0.2, -0.15) is 26.7 Å². The quantitative estimate of drug-likeness (QED) is 0.305. The number of hydrogen-bond donors (Lipinski definition) is 1. The van der Waals surface area contributed by atoms with E-state index in [1.807, 2.05) is 29.8 Å². The number of fused-ring (bicyclic) bond motifs is 1. The number of benzene rings is 1. The number of halogens is 3. The molecule has 14 heteroatoms. The van der Waals surface area contributed by atoms with Gasteiger partial charge < -0.3 is 9.30 Å². The number of aryl methyl sites for hydroxylation is 2. The summed E-state index contributed by atoms with van der Waals surface area (Å²) < 4.78 is 76.7. The van der Waals surface area contributed by atoms with E-state index in [1.165, 1.54) is 19.1 Å². The molecule has 41 heavy (non-hydrogen) atoms. The zero-order valence-corrected chi connectivity index (χ0v) is 23.4. The molecule has 0 fully saturated rings. The predicted molar refractivity (Wildman–Crippen MR) is 146 cm³/mol. The SMILES string of the molecule is CCS(=O)(=O)O.COc1nc(/C=C/c2nc3n(n2)CCC[C@H]3c2ccccc2C(F)(F)F)ccc1-n1cnc(C)c1. The lowest BCUT2D eigenvalue weighted by atomic mass is 9.88. The van der Waals surface area contributed by atoms with Crippen LogP contribution in [0.4, 0.5) is 13.2 Å². The maximum atomic E-state index is 13.6. The summed E-state index contributed by atoms with van der Waals surface area (Å²) in [7, 11) is -2.11. The van der Waals surface area contributed by atoms with Gasteiger partial charge in [0.2, 0.25) is 5.88 Å². The highest BCUT2D eigenvalue weighted by atomic mass is 32.2. The molecule has 0 saturated carbocycles. The van der Waals surface area contributed by atoms with Crippen molar-refractivity contribution in [3.63, 3.8) is 0 Å². The third-order valence-corrected chi connectivity index (χ3v) is 7.08. The Morgan fingerprint density at radius 3 is 2.51 bits per heavy atom. The first-order valence-electron chi connectivity index (χ1n) is 12.7. The summed E-state index contributed by atoms with van der Waals surface area (Å²) in [5.74, 6) is 0.737. The van der Waals surface area contributed by atoms with E-state index in [2.05, 4.69) is 20.1 Å². The van der Waals surface area contributed by atoms with Crippen molar-refractivity contribution < 1.29 is 30.9 Å². The number of alkyl halides is 3.